The highest BCUT2D eigenvalue weighted by Gasteiger charge is 2.13. The zero-order valence-corrected chi connectivity index (χ0v) is 10.9. The third kappa shape index (κ3) is 1.86. The summed E-state index contributed by atoms with van der Waals surface area (Å²) in [5.41, 5.74) is 7.96. The van der Waals surface area contributed by atoms with Gasteiger partial charge in [-0.2, -0.15) is 15.1 Å². The van der Waals surface area contributed by atoms with E-state index >= 15 is 0 Å². The molecule has 0 aliphatic rings. The van der Waals surface area contributed by atoms with E-state index in [4.69, 9.17) is 5.73 Å². The standard InChI is InChI=1S/C11H14N8/c1-6-14-8-9(15-7-4-13-18(2)5-7)16-11(12)17-10(8)19(6)3/h4-5H,1-3H3,(H3,12,15,16,17). The van der Waals surface area contributed by atoms with Crippen LogP contribution in [0.2, 0.25) is 0 Å². The molecule has 8 heteroatoms. The topological polar surface area (TPSA) is 99.5 Å². The molecular formula is C11H14N8. The molecule has 0 fully saturated rings. The average Bonchev–Trinajstić information content (AvgIpc) is 2.87. The van der Waals surface area contributed by atoms with Crippen LogP contribution in [-0.4, -0.2) is 29.3 Å². The fourth-order valence-corrected chi connectivity index (χ4v) is 1.90. The lowest BCUT2D eigenvalue weighted by Gasteiger charge is -2.04. The van der Waals surface area contributed by atoms with Crippen LogP contribution in [-0.2, 0) is 14.1 Å². The lowest BCUT2D eigenvalue weighted by atomic mass is 10.4. The first-order valence-corrected chi connectivity index (χ1v) is 5.77. The summed E-state index contributed by atoms with van der Waals surface area (Å²) >= 11 is 0. The van der Waals surface area contributed by atoms with Crippen LogP contribution in [0.15, 0.2) is 12.4 Å². The van der Waals surface area contributed by atoms with Gasteiger partial charge in [0.2, 0.25) is 5.95 Å². The number of hydrogen-bond donors (Lipinski definition) is 2. The summed E-state index contributed by atoms with van der Waals surface area (Å²) in [5, 5.41) is 7.25. The third-order valence-electron chi connectivity index (χ3n) is 2.93. The summed E-state index contributed by atoms with van der Waals surface area (Å²) in [7, 11) is 3.74. The van der Waals surface area contributed by atoms with E-state index in [0.29, 0.717) is 17.0 Å². The molecule has 0 bridgehead atoms. The van der Waals surface area contributed by atoms with E-state index in [1.54, 1.807) is 10.9 Å². The van der Waals surface area contributed by atoms with Gasteiger partial charge in [0.25, 0.3) is 0 Å². The minimum Gasteiger partial charge on any atom is -0.368 e. The van der Waals surface area contributed by atoms with Crippen molar-refractivity contribution < 1.29 is 0 Å². The molecular weight excluding hydrogens is 244 g/mol. The monoisotopic (exact) mass is 258 g/mol. The predicted molar refractivity (Wildman–Crippen MR) is 71.9 cm³/mol. The maximum Gasteiger partial charge on any atom is 0.224 e. The van der Waals surface area contributed by atoms with Gasteiger partial charge in [0, 0.05) is 20.3 Å². The van der Waals surface area contributed by atoms with E-state index in [0.717, 1.165) is 11.5 Å². The Hall–Kier alpha value is -2.64. The van der Waals surface area contributed by atoms with Crippen molar-refractivity contribution in [1.29, 1.82) is 0 Å². The normalized spacial score (nSPS) is 11.1. The highest BCUT2D eigenvalue weighted by Crippen LogP contribution is 2.23. The first-order valence-electron chi connectivity index (χ1n) is 5.77. The number of anilines is 3. The van der Waals surface area contributed by atoms with Crippen LogP contribution in [0.4, 0.5) is 17.5 Å². The molecule has 0 aromatic carbocycles. The number of aryl methyl sites for hydroxylation is 3. The highest BCUT2D eigenvalue weighted by atomic mass is 15.3. The second kappa shape index (κ2) is 3.94. The molecule has 0 saturated carbocycles. The van der Waals surface area contributed by atoms with Crippen molar-refractivity contribution in [1.82, 2.24) is 29.3 Å². The zero-order valence-electron chi connectivity index (χ0n) is 10.9. The largest absolute Gasteiger partial charge is 0.368 e. The summed E-state index contributed by atoms with van der Waals surface area (Å²) in [5.74, 6) is 1.64. The first kappa shape index (κ1) is 11.5. The van der Waals surface area contributed by atoms with Gasteiger partial charge in [0.15, 0.2) is 17.0 Å². The smallest absolute Gasteiger partial charge is 0.224 e. The SMILES string of the molecule is Cc1nc2c(Nc3cnn(C)c3)nc(N)nc2n1C. The Bertz CT molecular complexity index is 753. The van der Waals surface area contributed by atoms with Crippen LogP contribution < -0.4 is 11.1 Å². The molecule has 3 N–H and O–H groups in total. The number of nitrogens with two attached hydrogens (primary N) is 1. The fraction of sp³-hybridized carbons (Fsp3) is 0.273. The minimum absolute atomic E-state index is 0.210. The molecule has 19 heavy (non-hydrogen) atoms. The number of nitrogens with one attached hydrogen (secondary N) is 1. The van der Waals surface area contributed by atoms with Crippen molar-refractivity contribution in [2.24, 2.45) is 14.1 Å². The van der Waals surface area contributed by atoms with Gasteiger partial charge >= 0.3 is 0 Å². The molecule has 0 aliphatic carbocycles. The van der Waals surface area contributed by atoms with E-state index in [1.807, 2.05) is 31.8 Å². The molecule has 3 rings (SSSR count). The number of imidazole rings is 1. The van der Waals surface area contributed by atoms with Gasteiger partial charge in [-0.05, 0) is 6.92 Å². The zero-order chi connectivity index (χ0) is 13.6. The first-order chi connectivity index (χ1) is 9.04. The molecule has 0 saturated heterocycles. The number of hydrogen-bond acceptors (Lipinski definition) is 6. The number of rotatable bonds is 2. The summed E-state index contributed by atoms with van der Waals surface area (Å²) in [6.07, 6.45) is 3.56. The molecule has 0 amide bonds. The summed E-state index contributed by atoms with van der Waals surface area (Å²) < 4.78 is 3.58. The number of nitrogen functional groups attached to an aromatic ring is 1. The number of nitrogens with zero attached hydrogens (tertiary/aromatic N) is 6. The van der Waals surface area contributed by atoms with Gasteiger partial charge in [-0.25, -0.2) is 4.98 Å². The minimum atomic E-state index is 0.210. The Morgan fingerprint density at radius 2 is 2.00 bits per heavy atom. The molecule has 0 aliphatic heterocycles. The second-order valence-electron chi connectivity index (χ2n) is 4.35. The molecule has 0 spiro atoms. The van der Waals surface area contributed by atoms with E-state index in [-0.39, 0.29) is 5.95 Å². The molecule has 0 radical (unpaired) electrons. The van der Waals surface area contributed by atoms with Gasteiger partial charge in [0.1, 0.15) is 5.82 Å². The Balaban J connectivity index is 2.14. The Labute approximate surface area is 109 Å². The van der Waals surface area contributed by atoms with Crippen LogP contribution >= 0.6 is 0 Å². The second-order valence-corrected chi connectivity index (χ2v) is 4.35. The van der Waals surface area contributed by atoms with Gasteiger partial charge < -0.3 is 15.6 Å². The number of fused-ring (bicyclic) bond motifs is 1. The van der Waals surface area contributed by atoms with Crippen LogP contribution in [0.3, 0.4) is 0 Å². The third-order valence-corrected chi connectivity index (χ3v) is 2.93. The quantitative estimate of drug-likeness (QED) is 0.703. The molecule has 8 nitrogen and oxygen atoms in total. The van der Waals surface area contributed by atoms with Crippen molar-refractivity contribution in [2.75, 3.05) is 11.1 Å². The van der Waals surface area contributed by atoms with E-state index in [1.165, 1.54) is 0 Å². The number of aromatic nitrogens is 6. The average molecular weight is 258 g/mol. The summed E-state index contributed by atoms with van der Waals surface area (Å²) in [4.78, 5) is 12.9. The van der Waals surface area contributed by atoms with Gasteiger partial charge in [-0.3, -0.25) is 4.68 Å². The summed E-state index contributed by atoms with van der Waals surface area (Å²) in [6, 6.07) is 0. The van der Waals surface area contributed by atoms with E-state index in [9.17, 15) is 0 Å². The van der Waals surface area contributed by atoms with Crippen LogP contribution in [0.25, 0.3) is 11.2 Å². The van der Waals surface area contributed by atoms with Crippen molar-refractivity contribution in [2.45, 2.75) is 6.92 Å². The maximum atomic E-state index is 5.74. The van der Waals surface area contributed by atoms with Crippen LogP contribution in [0, 0.1) is 6.92 Å². The lowest BCUT2D eigenvalue weighted by Crippen LogP contribution is -2.02. The fourth-order valence-electron chi connectivity index (χ4n) is 1.90. The van der Waals surface area contributed by atoms with Crippen LogP contribution in [0.1, 0.15) is 5.82 Å². The molecule has 3 aromatic heterocycles. The van der Waals surface area contributed by atoms with E-state index in [2.05, 4.69) is 25.4 Å². The van der Waals surface area contributed by atoms with Crippen molar-refractivity contribution in [3.8, 4) is 0 Å². The van der Waals surface area contributed by atoms with Crippen molar-refractivity contribution in [3.05, 3.63) is 18.2 Å². The highest BCUT2D eigenvalue weighted by molar-refractivity contribution is 5.86. The summed E-state index contributed by atoms with van der Waals surface area (Å²) in [6.45, 7) is 1.91. The van der Waals surface area contributed by atoms with Gasteiger partial charge in [-0.15, -0.1) is 0 Å². The maximum absolute atomic E-state index is 5.74. The van der Waals surface area contributed by atoms with Crippen LogP contribution in [0.5, 0.6) is 0 Å². The molecule has 98 valence electrons. The predicted octanol–water partition coefficient (Wildman–Crippen LogP) is 0.731. The Kier molecular flexibility index (Phi) is 2.37. The molecule has 3 aromatic rings. The molecule has 0 atom stereocenters. The van der Waals surface area contributed by atoms with Crippen molar-refractivity contribution >= 4 is 28.6 Å². The molecule has 0 unspecified atom stereocenters. The Morgan fingerprint density at radius 3 is 2.68 bits per heavy atom. The van der Waals surface area contributed by atoms with Gasteiger partial charge in [0.05, 0.1) is 11.9 Å². The van der Waals surface area contributed by atoms with Crippen molar-refractivity contribution in [3.63, 3.8) is 0 Å². The lowest BCUT2D eigenvalue weighted by molar-refractivity contribution is 0.768. The van der Waals surface area contributed by atoms with E-state index < -0.39 is 0 Å². The van der Waals surface area contributed by atoms with Gasteiger partial charge in [-0.1, -0.05) is 0 Å². The Morgan fingerprint density at radius 1 is 1.21 bits per heavy atom. The molecule has 3 heterocycles.